The highest BCUT2D eigenvalue weighted by Crippen LogP contribution is 2.26. The largest absolute Gasteiger partial charge is 0.398 e. The van der Waals surface area contributed by atoms with E-state index in [1.54, 1.807) is 6.07 Å². The summed E-state index contributed by atoms with van der Waals surface area (Å²) in [5.41, 5.74) is 8.72. The highest BCUT2D eigenvalue weighted by atomic mass is 14.6. The van der Waals surface area contributed by atoms with Gasteiger partial charge in [-0.3, -0.25) is 0 Å². The van der Waals surface area contributed by atoms with Crippen LogP contribution in [-0.4, -0.2) is 0 Å². The molecule has 0 heterocycles. The highest BCUT2D eigenvalue weighted by Gasteiger charge is 2.06. The van der Waals surface area contributed by atoms with Gasteiger partial charge in [-0.25, -0.2) is 0 Å². The Labute approximate surface area is 88.6 Å². The smallest absolute Gasteiger partial charge is 0.102 e. The predicted molar refractivity (Wildman–Crippen MR) is 61.0 cm³/mol. The monoisotopic (exact) mass is 194 g/mol. The molecule has 0 radical (unpaired) electrons. The molecule has 2 aromatic carbocycles. The summed E-state index contributed by atoms with van der Waals surface area (Å²) < 4.78 is 0. The van der Waals surface area contributed by atoms with Crippen molar-refractivity contribution in [2.45, 2.75) is 0 Å². The van der Waals surface area contributed by atoms with Crippen LogP contribution < -0.4 is 5.73 Å². The zero-order valence-corrected chi connectivity index (χ0v) is 8.14. The molecule has 15 heavy (non-hydrogen) atoms. The number of nitriles is 1. The van der Waals surface area contributed by atoms with Gasteiger partial charge >= 0.3 is 0 Å². The Balaban J connectivity index is 2.65. The molecule has 0 saturated carbocycles. The van der Waals surface area contributed by atoms with Crippen LogP contribution in [0.5, 0.6) is 0 Å². The predicted octanol–water partition coefficient (Wildman–Crippen LogP) is 2.81. The molecule has 0 fully saturated rings. The van der Waals surface area contributed by atoms with Gasteiger partial charge in [0.25, 0.3) is 0 Å². The number of rotatable bonds is 1. The minimum absolute atomic E-state index is 0.527. The van der Waals surface area contributed by atoms with E-state index >= 15 is 0 Å². The van der Waals surface area contributed by atoms with Gasteiger partial charge < -0.3 is 5.73 Å². The lowest BCUT2D eigenvalue weighted by Crippen LogP contribution is -1.92. The van der Waals surface area contributed by atoms with E-state index in [0.29, 0.717) is 11.3 Å². The summed E-state index contributed by atoms with van der Waals surface area (Å²) >= 11 is 0. The van der Waals surface area contributed by atoms with Crippen molar-refractivity contribution in [3.05, 3.63) is 54.1 Å². The van der Waals surface area contributed by atoms with Crippen LogP contribution in [0.4, 0.5) is 5.69 Å². The molecule has 0 bridgehead atoms. The summed E-state index contributed by atoms with van der Waals surface area (Å²) in [5.74, 6) is 0. The molecule has 0 atom stereocenters. The van der Waals surface area contributed by atoms with E-state index in [0.717, 1.165) is 11.1 Å². The maximum absolute atomic E-state index is 9.03. The van der Waals surface area contributed by atoms with E-state index in [-0.39, 0.29) is 0 Å². The first-order valence-corrected chi connectivity index (χ1v) is 4.67. The van der Waals surface area contributed by atoms with Crippen molar-refractivity contribution >= 4 is 5.69 Å². The molecule has 2 nitrogen and oxygen atoms in total. The van der Waals surface area contributed by atoms with Gasteiger partial charge in [0, 0.05) is 5.56 Å². The van der Waals surface area contributed by atoms with Crippen molar-refractivity contribution in [3.63, 3.8) is 0 Å². The van der Waals surface area contributed by atoms with Gasteiger partial charge in [0.2, 0.25) is 0 Å². The van der Waals surface area contributed by atoms with Crippen LogP contribution >= 0.6 is 0 Å². The summed E-state index contributed by atoms with van der Waals surface area (Å²) in [6, 6.07) is 17.4. The number of nitrogens with two attached hydrogens (primary N) is 1. The summed E-state index contributed by atoms with van der Waals surface area (Å²) in [6.07, 6.45) is 0. The third-order valence-electron chi connectivity index (χ3n) is 2.29. The van der Waals surface area contributed by atoms with Gasteiger partial charge in [-0.2, -0.15) is 5.26 Å². The first-order chi connectivity index (χ1) is 7.33. The molecule has 0 aliphatic rings. The zero-order valence-electron chi connectivity index (χ0n) is 8.14. The van der Waals surface area contributed by atoms with E-state index in [2.05, 4.69) is 6.07 Å². The molecule has 2 aromatic rings. The number of nitrogens with zero attached hydrogens (tertiary/aromatic N) is 1. The average Bonchev–Trinajstić information content (AvgIpc) is 2.30. The molecule has 0 amide bonds. The number of nitrogen functional groups attached to an aromatic ring is 1. The lowest BCUT2D eigenvalue weighted by Gasteiger charge is -2.05. The summed E-state index contributed by atoms with van der Waals surface area (Å²) in [4.78, 5) is 0. The summed E-state index contributed by atoms with van der Waals surface area (Å²) in [5, 5.41) is 9.03. The normalized spacial score (nSPS) is 9.53. The second-order valence-electron chi connectivity index (χ2n) is 3.25. The van der Waals surface area contributed by atoms with E-state index in [9.17, 15) is 0 Å². The van der Waals surface area contributed by atoms with Gasteiger partial charge in [-0.05, 0) is 11.6 Å². The first-order valence-electron chi connectivity index (χ1n) is 4.67. The van der Waals surface area contributed by atoms with Crippen molar-refractivity contribution in [2.75, 3.05) is 5.73 Å². The van der Waals surface area contributed by atoms with Crippen LogP contribution in [0.25, 0.3) is 11.1 Å². The lowest BCUT2D eigenvalue weighted by atomic mass is 9.99. The van der Waals surface area contributed by atoms with Gasteiger partial charge in [0.1, 0.15) is 6.07 Å². The molecule has 0 spiro atoms. The van der Waals surface area contributed by atoms with Gasteiger partial charge in [-0.1, -0.05) is 42.5 Å². The Kier molecular flexibility index (Phi) is 2.38. The molecule has 0 aliphatic heterocycles. The second kappa shape index (κ2) is 3.85. The fourth-order valence-electron chi connectivity index (χ4n) is 1.55. The third kappa shape index (κ3) is 1.68. The fourth-order valence-corrected chi connectivity index (χ4v) is 1.55. The standard InChI is InChI=1S/C13H10N2/c14-9-12-11(7-4-8-13(12)15)10-5-2-1-3-6-10/h1-8H,15H2. The maximum atomic E-state index is 9.03. The minimum atomic E-state index is 0.527. The number of benzene rings is 2. The van der Waals surface area contributed by atoms with Crippen molar-refractivity contribution in [3.8, 4) is 17.2 Å². The number of hydrogen-bond donors (Lipinski definition) is 1. The summed E-state index contributed by atoms with van der Waals surface area (Å²) in [6.45, 7) is 0. The van der Waals surface area contributed by atoms with Crippen molar-refractivity contribution < 1.29 is 0 Å². The van der Waals surface area contributed by atoms with Crippen LogP contribution in [0, 0.1) is 11.3 Å². The molecular formula is C13H10N2. The lowest BCUT2D eigenvalue weighted by molar-refractivity contribution is 1.48. The van der Waals surface area contributed by atoms with E-state index in [1.165, 1.54) is 0 Å². The van der Waals surface area contributed by atoms with Crippen LogP contribution in [0.3, 0.4) is 0 Å². The minimum Gasteiger partial charge on any atom is -0.398 e. The zero-order chi connectivity index (χ0) is 10.7. The van der Waals surface area contributed by atoms with Crippen molar-refractivity contribution in [2.24, 2.45) is 0 Å². The third-order valence-corrected chi connectivity index (χ3v) is 2.29. The van der Waals surface area contributed by atoms with E-state index in [1.807, 2.05) is 42.5 Å². The molecule has 0 aliphatic carbocycles. The topological polar surface area (TPSA) is 49.8 Å². The second-order valence-corrected chi connectivity index (χ2v) is 3.25. The Bertz CT molecular complexity index is 510. The molecule has 2 heteroatoms. The Hall–Kier alpha value is -2.27. The molecule has 2 rings (SSSR count). The fraction of sp³-hybridized carbons (Fsp3) is 0. The molecule has 0 aromatic heterocycles. The van der Waals surface area contributed by atoms with Crippen molar-refractivity contribution in [1.82, 2.24) is 0 Å². The molecular weight excluding hydrogens is 184 g/mol. The number of hydrogen-bond acceptors (Lipinski definition) is 2. The van der Waals surface area contributed by atoms with E-state index in [4.69, 9.17) is 11.0 Å². The number of anilines is 1. The van der Waals surface area contributed by atoms with Crippen LogP contribution in [0.1, 0.15) is 5.56 Å². The first kappa shape index (κ1) is 9.29. The Morgan fingerprint density at radius 2 is 1.67 bits per heavy atom. The van der Waals surface area contributed by atoms with Crippen LogP contribution in [-0.2, 0) is 0 Å². The molecule has 0 unspecified atom stereocenters. The molecule has 2 N–H and O–H groups in total. The van der Waals surface area contributed by atoms with Gasteiger partial charge in [-0.15, -0.1) is 0 Å². The average molecular weight is 194 g/mol. The summed E-state index contributed by atoms with van der Waals surface area (Å²) in [7, 11) is 0. The molecule has 72 valence electrons. The van der Waals surface area contributed by atoms with Crippen molar-refractivity contribution in [1.29, 1.82) is 5.26 Å². The van der Waals surface area contributed by atoms with Gasteiger partial charge in [0.05, 0.1) is 11.3 Å². The molecule has 0 saturated heterocycles. The SMILES string of the molecule is N#Cc1c(N)cccc1-c1ccccc1. The van der Waals surface area contributed by atoms with E-state index < -0.39 is 0 Å². The maximum Gasteiger partial charge on any atom is 0.102 e. The Morgan fingerprint density at radius 3 is 2.33 bits per heavy atom. The van der Waals surface area contributed by atoms with Crippen LogP contribution in [0.2, 0.25) is 0 Å². The van der Waals surface area contributed by atoms with Gasteiger partial charge in [0.15, 0.2) is 0 Å². The highest BCUT2D eigenvalue weighted by molar-refractivity contribution is 5.76. The quantitative estimate of drug-likeness (QED) is 0.709. The Morgan fingerprint density at radius 1 is 0.933 bits per heavy atom. The van der Waals surface area contributed by atoms with Crippen LogP contribution in [0.15, 0.2) is 48.5 Å².